The monoisotopic (exact) mass is 521 g/mol. The molecule has 0 spiro atoms. The molecule has 0 fully saturated rings. The molecule has 0 atom stereocenters. The summed E-state index contributed by atoms with van der Waals surface area (Å²) in [5, 5.41) is 11.4. The van der Waals surface area contributed by atoms with Gasteiger partial charge in [0.1, 0.15) is 12.4 Å². The van der Waals surface area contributed by atoms with Crippen molar-refractivity contribution < 1.29 is 4.74 Å². The molecule has 1 aromatic heterocycles. The molecule has 8 nitrogen and oxygen atoms in total. The van der Waals surface area contributed by atoms with E-state index in [-0.39, 0.29) is 5.95 Å². The van der Waals surface area contributed by atoms with Crippen LogP contribution >= 0.6 is 11.6 Å². The van der Waals surface area contributed by atoms with Crippen LogP contribution in [0.1, 0.15) is 11.1 Å². The number of nitrogens with zero attached hydrogens (tertiary/aromatic N) is 4. The fraction of sp³-hybridized carbons (Fsp3) is 0.0345. The molecule has 188 valence electrons. The molecule has 0 saturated heterocycles. The zero-order valence-electron chi connectivity index (χ0n) is 20.3. The van der Waals surface area contributed by atoms with E-state index in [0.29, 0.717) is 23.5 Å². The van der Waals surface area contributed by atoms with E-state index in [1.807, 2.05) is 109 Å². The van der Waals surface area contributed by atoms with Crippen molar-refractivity contribution in [3.63, 3.8) is 0 Å². The molecular weight excluding hydrogens is 498 g/mol. The van der Waals surface area contributed by atoms with Crippen LogP contribution in [-0.4, -0.2) is 21.2 Å². The van der Waals surface area contributed by atoms with Crippen molar-refractivity contribution >= 4 is 47.0 Å². The summed E-state index contributed by atoms with van der Waals surface area (Å²) in [6.45, 7) is 0.463. The van der Waals surface area contributed by atoms with Crippen molar-refractivity contribution in [3.8, 4) is 5.75 Å². The summed E-state index contributed by atoms with van der Waals surface area (Å²) < 4.78 is 5.84. The zero-order valence-corrected chi connectivity index (χ0v) is 21.0. The number of hydrogen-bond donors (Lipinski definition) is 3. The largest absolute Gasteiger partial charge is 0.489 e. The first-order valence-corrected chi connectivity index (χ1v) is 12.2. The van der Waals surface area contributed by atoms with Gasteiger partial charge >= 0.3 is 0 Å². The van der Waals surface area contributed by atoms with E-state index in [0.717, 1.165) is 28.3 Å². The number of hydrazone groups is 1. The Morgan fingerprint density at radius 1 is 0.658 bits per heavy atom. The van der Waals surface area contributed by atoms with Crippen LogP contribution in [0.4, 0.5) is 29.2 Å². The minimum Gasteiger partial charge on any atom is -0.489 e. The van der Waals surface area contributed by atoms with Gasteiger partial charge in [-0.05, 0) is 71.8 Å². The van der Waals surface area contributed by atoms with Crippen LogP contribution in [0.25, 0.3) is 0 Å². The Balaban J connectivity index is 1.25. The van der Waals surface area contributed by atoms with Gasteiger partial charge in [-0.2, -0.15) is 20.1 Å². The SMILES string of the molecule is Clc1ccc(COc2ccc(/C=N/Nc3nc(Nc4ccccc4)nc(Nc4ccccc4)n3)cc2)cc1. The highest BCUT2D eigenvalue weighted by molar-refractivity contribution is 6.30. The molecule has 4 aromatic carbocycles. The summed E-state index contributed by atoms with van der Waals surface area (Å²) >= 11 is 5.93. The van der Waals surface area contributed by atoms with E-state index in [2.05, 4.69) is 36.1 Å². The van der Waals surface area contributed by atoms with Crippen molar-refractivity contribution in [2.24, 2.45) is 5.10 Å². The smallest absolute Gasteiger partial charge is 0.250 e. The Labute approximate surface area is 225 Å². The third kappa shape index (κ3) is 7.28. The van der Waals surface area contributed by atoms with Crippen LogP contribution < -0.4 is 20.8 Å². The molecule has 38 heavy (non-hydrogen) atoms. The summed E-state index contributed by atoms with van der Waals surface area (Å²) in [5.41, 5.74) is 6.54. The van der Waals surface area contributed by atoms with E-state index in [4.69, 9.17) is 16.3 Å². The minimum absolute atomic E-state index is 0.288. The number of ether oxygens (including phenoxy) is 1. The van der Waals surface area contributed by atoms with Crippen molar-refractivity contribution in [3.05, 3.63) is 125 Å². The number of anilines is 5. The van der Waals surface area contributed by atoms with E-state index in [1.54, 1.807) is 6.21 Å². The summed E-state index contributed by atoms with van der Waals surface area (Å²) in [7, 11) is 0. The predicted molar refractivity (Wildman–Crippen MR) is 153 cm³/mol. The van der Waals surface area contributed by atoms with Gasteiger partial charge in [0.25, 0.3) is 0 Å². The molecular formula is C29H24ClN7O. The third-order valence-electron chi connectivity index (χ3n) is 5.27. The molecule has 0 aliphatic rings. The minimum atomic E-state index is 0.288. The number of hydrogen-bond acceptors (Lipinski definition) is 8. The number of rotatable bonds is 10. The highest BCUT2D eigenvalue weighted by Crippen LogP contribution is 2.19. The lowest BCUT2D eigenvalue weighted by Crippen LogP contribution is -2.07. The van der Waals surface area contributed by atoms with Crippen LogP contribution in [-0.2, 0) is 6.61 Å². The molecule has 3 N–H and O–H groups in total. The Morgan fingerprint density at radius 2 is 1.21 bits per heavy atom. The second-order valence-corrected chi connectivity index (χ2v) is 8.58. The van der Waals surface area contributed by atoms with Crippen molar-refractivity contribution in [2.45, 2.75) is 6.61 Å². The zero-order chi connectivity index (χ0) is 26.0. The second-order valence-electron chi connectivity index (χ2n) is 8.14. The highest BCUT2D eigenvalue weighted by atomic mass is 35.5. The number of halogens is 1. The summed E-state index contributed by atoms with van der Waals surface area (Å²) in [4.78, 5) is 13.4. The molecule has 0 amide bonds. The Morgan fingerprint density at radius 3 is 1.79 bits per heavy atom. The number of aromatic nitrogens is 3. The quantitative estimate of drug-likeness (QED) is 0.134. The van der Waals surface area contributed by atoms with Crippen LogP contribution in [0.2, 0.25) is 5.02 Å². The maximum absolute atomic E-state index is 5.93. The second kappa shape index (κ2) is 12.3. The molecule has 0 aliphatic heterocycles. The van der Waals surface area contributed by atoms with Gasteiger partial charge in [0, 0.05) is 16.4 Å². The number of benzene rings is 4. The van der Waals surface area contributed by atoms with Crippen LogP contribution in [0, 0.1) is 0 Å². The number of para-hydroxylation sites is 2. The maximum atomic E-state index is 5.93. The average Bonchev–Trinajstić information content (AvgIpc) is 2.94. The summed E-state index contributed by atoms with van der Waals surface area (Å²) in [6, 6.07) is 34.6. The Hall–Kier alpha value is -4.95. The van der Waals surface area contributed by atoms with Gasteiger partial charge in [0.15, 0.2) is 0 Å². The maximum Gasteiger partial charge on any atom is 0.250 e. The lowest BCUT2D eigenvalue weighted by molar-refractivity contribution is 0.306. The van der Waals surface area contributed by atoms with E-state index < -0.39 is 0 Å². The molecule has 1 heterocycles. The predicted octanol–water partition coefficient (Wildman–Crippen LogP) is 7.04. The van der Waals surface area contributed by atoms with Gasteiger partial charge in [0.05, 0.1) is 6.21 Å². The van der Waals surface area contributed by atoms with Crippen LogP contribution in [0.5, 0.6) is 5.75 Å². The molecule has 0 radical (unpaired) electrons. The highest BCUT2D eigenvalue weighted by Gasteiger charge is 2.07. The topological polar surface area (TPSA) is 96.4 Å². The third-order valence-corrected chi connectivity index (χ3v) is 5.52. The van der Waals surface area contributed by atoms with Gasteiger partial charge in [0.2, 0.25) is 17.8 Å². The Kier molecular flexibility index (Phi) is 8.03. The standard InChI is InChI=1S/C29H24ClN7O/c30-23-15-11-22(12-16-23)20-38-26-17-13-21(14-18-26)19-31-37-29-35-27(32-24-7-3-1-4-8-24)34-28(36-29)33-25-9-5-2-6-10-25/h1-19H,20H2,(H3,32,33,34,35,36,37)/b31-19+. The van der Waals surface area contributed by atoms with Crippen molar-refractivity contribution in [1.82, 2.24) is 15.0 Å². The fourth-order valence-corrected chi connectivity index (χ4v) is 3.53. The lowest BCUT2D eigenvalue weighted by Gasteiger charge is -2.10. The summed E-state index contributed by atoms with van der Waals surface area (Å²) in [5.74, 6) is 1.81. The fourth-order valence-electron chi connectivity index (χ4n) is 3.40. The van der Waals surface area contributed by atoms with Crippen LogP contribution in [0.15, 0.2) is 114 Å². The normalized spacial score (nSPS) is 10.8. The average molecular weight is 522 g/mol. The molecule has 0 saturated carbocycles. The van der Waals surface area contributed by atoms with Gasteiger partial charge in [-0.3, -0.25) is 0 Å². The summed E-state index contributed by atoms with van der Waals surface area (Å²) in [6.07, 6.45) is 1.68. The molecule has 5 rings (SSSR count). The van der Waals surface area contributed by atoms with E-state index in [9.17, 15) is 0 Å². The first-order valence-electron chi connectivity index (χ1n) is 11.9. The van der Waals surface area contributed by atoms with Gasteiger partial charge < -0.3 is 15.4 Å². The van der Waals surface area contributed by atoms with Gasteiger partial charge in [-0.1, -0.05) is 60.1 Å². The molecule has 0 bridgehead atoms. The first-order chi connectivity index (χ1) is 18.7. The van der Waals surface area contributed by atoms with E-state index >= 15 is 0 Å². The molecule has 5 aromatic rings. The lowest BCUT2D eigenvalue weighted by atomic mass is 10.2. The van der Waals surface area contributed by atoms with Gasteiger partial charge in [-0.25, -0.2) is 5.43 Å². The van der Waals surface area contributed by atoms with Crippen molar-refractivity contribution in [2.75, 3.05) is 16.1 Å². The first kappa shape index (κ1) is 24.7. The van der Waals surface area contributed by atoms with E-state index in [1.165, 1.54) is 0 Å². The molecule has 0 aliphatic carbocycles. The number of nitrogens with one attached hydrogen (secondary N) is 3. The molecule has 9 heteroatoms. The Bertz CT molecular complexity index is 1420. The van der Waals surface area contributed by atoms with Gasteiger partial charge in [-0.15, -0.1) is 0 Å². The van der Waals surface area contributed by atoms with Crippen molar-refractivity contribution in [1.29, 1.82) is 0 Å². The van der Waals surface area contributed by atoms with Crippen LogP contribution in [0.3, 0.4) is 0 Å². The molecule has 0 unspecified atom stereocenters.